The Hall–Kier alpha value is -3.63. The summed E-state index contributed by atoms with van der Waals surface area (Å²) in [5.41, 5.74) is 11.6. The monoisotopic (exact) mass is 419 g/mol. The van der Waals surface area contributed by atoms with Crippen LogP contribution in [0.5, 0.6) is 0 Å². The van der Waals surface area contributed by atoms with Crippen molar-refractivity contribution < 1.29 is 9.59 Å². The number of amides is 1. The molecule has 1 aromatic carbocycles. The number of ketones is 1. The molecule has 2 aromatic rings. The van der Waals surface area contributed by atoms with Crippen molar-refractivity contribution in [3.8, 4) is 6.07 Å². The lowest BCUT2D eigenvalue weighted by Gasteiger charge is -2.39. The number of nitriles is 1. The van der Waals surface area contributed by atoms with Crippen molar-refractivity contribution in [2.45, 2.75) is 25.2 Å². The van der Waals surface area contributed by atoms with Crippen LogP contribution in [0.2, 0.25) is 5.02 Å². The van der Waals surface area contributed by atoms with Gasteiger partial charge in [-0.05, 0) is 42.7 Å². The number of benzene rings is 1. The largest absolute Gasteiger partial charge is 0.383 e. The molecule has 0 spiro atoms. The number of nitrogens with two attached hydrogens (primary N) is 1. The maximum Gasteiger partial charge on any atom is 0.270 e. The zero-order valence-corrected chi connectivity index (χ0v) is 16.7. The zero-order valence-electron chi connectivity index (χ0n) is 15.9. The Bertz CT molecular complexity index is 1120. The number of allylic oxidation sites excluding steroid dienone is 3. The van der Waals surface area contributed by atoms with Gasteiger partial charge in [0.2, 0.25) is 0 Å². The lowest BCUT2D eigenvalue weighted by atomic mass is 9.76. The molecule has 7 nitrogen and oxygen atoms in total. The average Bonchev–Trinajstić information content (AvgIpc) is 2.76. The van der Waals surface area contributed by atoms with Crippen LogP contribution in [-0.2, 0) is 4.79 Å². The third-order valence-corrected chi connectivity index (χ3v) is 5.52. The van der Waals surface area contributed by atoms with Crippen LogP contribution in [0.3, 0.4) is 0 Å². The topological polar surface area (TPSA) is 112 Å². The predicted octanol–water partition coefficient (Wildman–Crippen LogP) is 3.18. The number of halogens is 1. The number of Topliss-reactive ketones (excluding diaryl/α,β-unsaturated/α-hetero) is 1. The lowest BCUT2D eigenvalue weighted by molar-refractivity contribution is -0.116. The molecule has 3 N–H and O–H groups in total. The van der Waals surface area contributed by atoms with E-state index in [0.717, 1.165) is 5.56 Å². The number of carbonyl (C=O) groups excluding carboxylic acids is 2. The molecule has 1 aliphatic heterocycles. The van der Waals surface area contributed by atoms with Gasteiger partial charge >= 0.3 is 0 Å². The summed E-state index contributed by atoms with van der Waals surface area (Å²) < 4.78 is 0. The van der Waals surface area contributed by atoms with Gasteiger partial charge in [0.1, 0.15) is 5.82 Å². The highest BCUT2D eigenvalue weighted by molar-refractivity contribution is 6.30. The molecular formula is C22H18ClN5O2. The SMILES string of the molecule is N#CC1=C(N)N(NC(=O)c2ccncc2)C2=C(C(=O)CCC2)C1c1ccc(Cl)cc1. The zero-order chi connectivity index (χ0) is 21.3. The number of hydrogen-bond acceptors (Lipinski definition) is 6. The summed E-state index contributed by atoms with van der Waals surface area (Å²) in [7, 11) is 0. The van der Waals surface area contributed by atoms with E-state index in [1.807, 2.05) is 0 Å². The molecule has 2 heterocycles. The minimum absolute atomic E-state index is 0.0559. The van der Waals surface area contributed by atoms with E-state index in [1.54, 1.807) is 36.4 Å². The summed E-state index contributed by atoms with van der Waals surface area (Å²) >= 11 is 6.01. The van der Waals surface area contributed by atoms with Crippen LogP contribution < -0.4 is 11.2 Å². The first-order valence-electron chi connectivity index (χ1n) is 9.44. The van der Waals surface area contributed by atoms with Gasteiger partial charge in [0.05, 0.1) is 17.6 Å². The van der Waals surface area contributed by atoms with Crippen molar-refractivity contribution in [1.82, 2.24) is 15.4 Å². The number of aromatic nitrogens is 1. The minimum atomic E-state index is -0.593. The van der Waals surface area contributed by atoms with E-state index < -0.39 is 11.8 Å². The highest BCUT2D eigenvalue weighted by Crippen LogP contribution is 2.44. The van der Waals surface area contributed by atoms with Gasteiger partial charge in [-0.3, -0.25) is 20.0 Å². The molecular weight excluding hydrogens is 402 g/mol. The van der Waals surface area contributed by atoms with Crippen LogP contribution in [0.1, 0.15) is 41.1 Å². The second kappa shape index (κ2) is 8.01. The maximum atomic E-state index is 12.9. The van der Waals surface area contributed by atoms with Gasteiger partial charge in [-0.25, -0.2) is 5.01 Å². The van der Waals surface area contributed by atoms with Crippen LogP contribution in [0.25, 0.3) is 0 Å². The molecule has 1 aliphatic carbocycles. The van der Waals surface area contributed by atoms with E-state index in [0.29, 0.717) is 41.1 Å². The van der Waals surface area contributed by atoms with Gasteiger partial charge in [0.15, 0.2) is 5.78 Å². The molecule has 30 heavy (non-hydrogen) atoms. The van der Waals surface area contributed by atoms with Gasteiger partial charge in [-0.2, -0.15) is 5.26 Å². The normalized spacial score (nSPS) is 18.7. The van der Waals surface area contributed by atoms with E-state index in [1.165, 1.54) is 17.4 Å². The van der Waals surface area contributed by atoms with Gasteiger partial charge in [0.25, 0.3) is 5.91 Å². The maximum absolute atomic E-state index is 12.9. The van der Waals surface area contributed by atoms with Gasteiger partial charge < -0.3 is 5.73 Å². The smallest absolute Gasteiger partial charge is 0.270 e. The third kappa shape index (κ3) is 3.42. The third-order valence-electron chi connectivity index (χ3n) is 5.27. The van der Waals surface area contributed by atoms with Gasteiger partial charge in [0, 0.05) is 40.7 Å². The van der Waals surface area contributed by atoms with E-state index in [9.17, 15) is 14.9 Å². The lowest BCUT2D eigenvalue weighted by Crippen LogP contribution is -2.48. The first-order valence-corrected chi connectivity index (χ1v) is 9.81. The van der Waals surface area contributed by atoms with Crippen molar-refractivity contribution in [3.05, 3.63) is 87.6 Å². The molecule has 8 heteroatoms. The Morgan fingerprint density at radius 3 is 2.57 bits per heavy atom. The molecule has 2 aliphatic rings. The fraction of sp³-hybridized carbons (Fsp3) is 0.182. The fourth-order valence-corrected chi connectivity index (χ4v) is 4.00. The number of pyridine rings is 1. The van der Waals surface area contributed by atoms with Crippen molar-refractivity contribution in [2.24, 2.45) is 5.73 Å². The Kier molecular flexibility index (Phi) is 5.25. The van der Waals surface area contributed by atoms with Gasteiger partial charge in [-0.1, -0.05) is 23.7 Å². The number of rotatable bonds is 3. The quantitative estimate of drug-likeness (QED) is 0.790. The molecule has 0 bridgehead atoms. The summed E-state index contributed by atoms with van der Waals surface area (Å²) in [6.07, 6.45) is 4.60. The first-order chi connectivity index (χ1) is 14.5. The number of carbonyl (C=O) groups is 2. The van der Waals surface area contributed by atoms with E-state index in [2.05, 4.69) is 16.5 Å². The summed E-state index contributed by atoms with van der Waals surface area (Å²) in [5.74, 6) is -0.954. The van der Waals surface area contributed by atoms with Crippen molar-refractivity contribution >= 4 is 23.3 Å². The highest BCUT2D eigenvalue weighted by Gasteiger charge is 2.40. The van der Waals surface area contributed by atoms with Crippen molar-refractivity contribution in [2.75, 3.05) is 0 Å². The second-order valence-electron chi connectivity index (χ2n) is 7.04. The first kappa shape index (κ1) is 19.7. The molecule has 1 atom stereocenters. The van der Waals surface area contributed by atoms with Crippen molar-refractivity contribution in [1.29, 1.82) is 5.26 Å². The number of nitrogens with one attached hydrogen (secondary N) is 1. The molecule has 1 aromatic heterocycles. The Labute approximate surface area is 178 Å². The summed E-state index contributed by atoms with van der Waals surface area (Å²) in [5, 5.41) is 11.8. The summed E-state index contributed by atoms with van der Waals surface area (Å²) in [6, 6.07) is 12.3. The van der Waals surface area contributed by atoms with Crippen molar-refractivity contribution in [3.63, 3.8) is 0 Å². The van der Waals surface area contributed by atoms with E-state index in [4.69, 9.17) is 17.3 Å². The molecule has 1 amide bonds. The van der Waals surface area contributed by atoms with Crippen LogP contribution in [-0.4, -0.2) is 21.7 Å². The molecule has 0 radical (unpaired) electrons. The molecule has 150 valence electrons. The molecule has 0 fully saturated rings. The van der Waals surface area contributed by atoms with Crippen LogP contribution >= 0.6 is 11.6 Å². The Balaban J connectivity index is 1.81. The van der Waals surface area contributed by atoms with Crippen LogP contribution in [0, 0.1) is 11.3 Å². The molecule has 1 unspecified atom stereocenters. The highest BCUT2D eigenvalue weighted by atomic mass is 35.5. The molecule has 4 rings (SSSR count). The second-order valence-corrected chi connectivity index (χ2v) is 7.48. The predicted molar refractivity (Wildman–Crippen MR) is 110 cm³/mol. The standard InChI is InChI=1S/C22H18ClN5O2/c23-15-6-4-13(5-7-15)19-16(12-24)21(25)28(17-2-1-3-18(29)20(17)19)27-22(30)14-8-10-26-11-9-14/h4-11,19H,1-3,25H2,(H,27,30). The van der Waals surface area contributed by atoms with Gasteiger partial charge in [-0.15, -0.1) is 0 Å². The van der Waals surface area contributed by atoms with Crippen LogP contribution in [0.15, 0.2) is 71.5 Å². The average molecular weight is 420 g/mol. The summed E-state index contributed by atoms with van der Waals surface area (Å²) in [4.78, 5) is 29.6. The van der Waals surface area contributed by atoms with Crippen LogP contribution in [0.4, 0.5) is 0 Å². The Morgan fingerprint density at radius 2 is 1.90 bits per heavy atom. The molecule has 0 saturated carbocycles. The number of hydrogen-bond donors (Lipinski definition) is 2. The van der Waals surface area contributed by atoms with E-state index in [-0.39, 0.29) is 17.2 Å². The number of hydrazine groups is 1. The van der Waals surface area contributed by atoms with E-state index >= 15 is 0 Å². The minimum Gasteiger partial charge on any atom is -0.383 e. The Morgan fingerprint density at radius 1 is 1.20 bits per heavy atom. The summed E-state index contributed by atoms with van der Waals surface area (Å²) in [6.45, 7) is 0. The fourth-order valence-electron chi connectivity index (χ4n) is 3.87. The number of nitrogens with zero attached hydrogens (tertiary/aromatic N) is 3. The molecule has 0 saturated heterocycles.